The zero-order chi connectivity index (χ0) is 14.3. The minimum Gasteiger partial charge on any atom is -0.495 e. The van der Waals surface area contributed by atoms with E-state index < -0.39 is 0 Å². The zero-order valence-electron chi connectivity index (χ0n) is 11.2. The van der Waals surface area contributed by atoms with E-state index in [9.17, 15) is 4.79 Å². The second-order valence-corrected chi connectivity index (χ2v) is 5.19. The lowest BCUT2D eigenvalue weighted by Crippen LogP contribution is -2.11. The molecule has 0 spiro atoms. The normalized spacial score (nSPS) is 10.9. The number of nitrogens with one attached hydrogen (secondary N) is 2. The summed E-state index contributed by atoms with van der Waals surface area (Å²) in [4.78, 5) is 12.8. The van der Waals surface area contributed by atoms with Crippen LogP contribution in [0.3, 0.4) is 0 Å². The smallest absolute Gasteiger partial charge is 0.270 e. The number of rotatable bonds is 3. The molecule has 0 radical (unpaired) electrons. The van der Waals surface area contributed by atoms with E-state index in [-0.39, 0.29) is 5.91 Å². The van der Waals surface area contributed by atoms with Crippen molar-refractivity contribution in [3.63, 3.8) is 0 Å². The third-order valence-electron chi connectivity index (χ3n) is 3.01. The SMILES string of the molecule is COc1ccsc1C(=O)Nc1[nH]nc2c1c(C)nn2C. The molecule has 3 rings (SSSR count). The van der Waals surface area contributed by atoms with E-state index in [1.54, 1.807) is 17.9 Å². The Hall–Kier alpha value is -2.35. The quantitative estimate of drug-likeness (QED) is 0.772. The summed E-state index contributed by atoms with van der Waals surface area (Å²) < 4.78 is 6.82. The molecular weight excluding hydrogens is 278 g/mol. The zero-order valence-corrected chi connectivity index (χ0v) is 12.0. The van der Waals surface area contributed by atoms with E-state index in [4.69, 9.17) is 4.74 Å². The Morgan fingerprint density at radius 3 is 3.10 bits per heavy atom. The average molecular weight is 291 g/mol. The van der Waals surface area contributed by atoms with Crippen molar-refractivity contribution in [2.75, 3.05) is 12.4 Å². The van der Waals surface area contributed by atoms with E-state index in [2.05, 4.69) is 20.6 Å². The van der Waals surface area contributed by atoms with Crippen molar-refractivity contribution >= 4 is 34.1 Å². The van der Waals surface area contributed by atoms with Crippen LogP contribution in [0.1, 0.15) is 15.4 Å². The number of fused-ring (bicyclic) bond motifs is 1. The summed E-state index contributed by atoms with van der Waals surface area (Å²) >= 11 is 1.33. The monoisotopic (exact) mass is 291 g/mol. The molecule has 3 aromatic rings. The molecule has 7 nitrogen and oxygen atoms in total. The average Bonchev–Trinajstić information content (AvgIpc) is 3.09. The highest BCUT2D eigenvalue weighted by Gasteiger charge is 2.19. The van der Waals surface area contributed by atoms with Gasteiger partial charge in [-0.05, 0) is 18.4 Å². The van der Waals surface area contributed by atoms with Crippen molar-refractivity contribution in [1.82, 2.24) is 20.0 Å². The molecule has 0 unspecified atom stereocenters. The fourth-order valence-electron chi connectivity index (χ4n) is 2.12. The number of nitrogens with zero attached hydrogens (tertiary/aromatic N) is 3. The highest BCUT2D eigenvalue weighted by Crippen LogP contribution is 2.27. The molecule has 3 heterocycles. The largest absolute Gasteiger partial charge is 0.495 e. The second-order valence-electron chi connectivity index (χ2n) is 4.28. The van der Waals surface area contributed by atoms with Gasteiger partial charge in [-0.2, -0.15) is 10.2 Å². The Morgan fingerprint density at radius 2 is 2.35 bits per heavy atom. The molecule has 0 fully saturated rings. The summed E-state index contributed by atoms with van der Waals surface area (Å²) in [6.07, 6.45) is 0. The van der Waals surface area contributed by atoms with Crippen molar-refractivity contribution in [3.8, 4) is 5.75 Å². The van der Waals surface area contributed by atoms with E-state index in [0.717, 1.165) is 11.1 Å². The Labute approximate surface area is 118 Å². The molecule has 0 saturated carbocycles. The van der Waals surface area contributed by atoms with Gasteiger partial charge in [0.15, 0.2) is 5.65 Å². The number of amides is 1. The summed E-state index contributed by atoms with van der Waals surface area (Å²) in [7, 11) is 3.35. The van der Waals surface area contributed by atoms with Crippen LogP contribution in [0.5, 0.6) is 5.75 Å². The first-order valence-corrected chi connectivity index (χ1v) is 6.80. The third-order valence-corrected chi connectivity index (χ3v) is 3.90. The summed E-state index contributed by atoms with van der Waals surface area (Å²) in [6.45, 7) is 1.87. The first kappa shape index (κ1) is 12.7. The first-order chi connectivity index (χ1) is 9.61. The van der Waals surface area contributed by atoms with Crippen LogP contribution in [-0.4, -0.2) is 33.0 Å². The highest BCUT2D eigenvalue weighted by atomic mass is 32.1. The summed E-state index contributed by atoms with van der Waals surface area (Å²) in [5, 5.41) is 16.7. The Balaban J connectivity index is 1.95. The molecule has 104 valence electrons. The summed E-state index contributed by atoms with van der Waals surface area (Å²) in [5.41, 5.74) is 1.51. The number of ether oxygens (including phenoxy) is 1. The summed E-state index contributed by atoms with van der Waals surface area (Å²) in [5.74, 6) is 0.878. The van der Waals surface area contributed by atoms with Crippen molar-refractivity contribution in [2.24, 2.45) is 7.05 Å². The number of anilines is 1. The van der Waals surface area contributed by atoms with Gasteiger partial charge in [0.1, 0.15) is 16.4 Å². The molecule has 0 aliphatic rings. The number of methoxy groups -OCH3 is 1. The van der Waals surface area contributed by atoms with E-state index in [1.807, 2.05) is 19.4 Å². The topological polar surface area (TPSA) is 84.8 Å². The minimum atomic E-state index is -0.231. The number of H-pyrrole nitrogens is 1. The predicted octanol–water partition coefficient (Wildman–Crippen LogP) is 1.93. The maximum absolute atomic E-state index is 12.3. The molecule has 20 heavy (non-hydrogen) atoms. The number of aryl methyl sites for hydroxylation is 2. The van der Waals surface area contributed by atoms with Crippen molar-refractivity contribution in [1.29, 1.82) is 0 Å². The van der Waals surface area contributed by atoms with Gasteiger partial charge in [-0.15, -0.1) is 11.3 Å². The molecular formula is C12H13N5O2S. The molecule has 8 heteroatoms. The van der Waals surface area contributed by atoms with Gasteiger partial charge in [0.2, 0.25) is 0 Å². The lowest BCUT2D eigenvalue weighted by atomic mass is 10.3. The van der Waals surface area contributed by atoms with Crippen LogP contribution in [0.15, 0.2) is 11.4 Å². The number of hydrogen-bond acceptors (Lipinski definition) is 5. The number of hydrogen-bond donors (Lipinski definition) is 2. The van der Waals surface area contributed by atoms with Crippen LogP contribution >= 0.6 is 11.3 Å². The van der Waals surface area contributed by atoms with Gasteiger partial charge in [0, 0.05) is 7.05 Å². The number of thiophene rings is 1. The summed E-state index contributed by atoms with van der Waals surface area (Å²) in [6, 6.07) is 1.76. The van der Waals surface area contributed by atoms with Crippen LogP contribution in [-0.2, 0) is 7.05 Å². The number of carbonyl (C=O) groups excluding carboxylic acids is 1. The van der Waals surface area contributed by atoms with Crippen LogP contribution in [0.4, 0.5) is 5.82 Å². The van der Waals surface area contributed by atoms with Gasteiger partial charge < -0.3 is 10.1 Å². The fourth-order valence-corrected chi connectivity index (χ4v) is 2.87. The standard InChI is InChI=1S/C12H13N5O2S/c1-6-8-10(14-15-11(8)17(2)16-6)13-12(18)9-7(19-3)4-5-20-9/h4-5H,1-3H3,(H2,13,14,15,18). The maximum atomic E-state index is 12.3. The second kappa shape index (κ2) is 4.64. The molecule has 0 saturated heterocycles. The molecule has 0 aliphatic heterocycles. The minimum absolute atomic E-state index is 0.231. The number of aromatic amines is 1. The molecule has 0 aromatic carbocycles. The van der Waals surface area contributed by atoms with Gasteiger partial charge in [-0.25, -0.2) is 4.68 Å². The lowest BCUT2D eigenvalue weighted by molar-refractivity contribution is 0.102. The van der Waals surface area contributed by atoms with Gasteiger partial charge in [-0.3, -0.25) is 9.89 Å². The Bertz CT molecular complexity index is 785. The molecule has 0 atom stereocenters. The van der Waals surface area contributed by atoms with E-state index >= 15 is 0 Å². The highest BCUT2D eigenvalue weighted by molar-refractivity contribution is 7.12. The Kier molecular flexibility index (Phi) is 2.94. The Morgan fingerprint density at radius 1 is 1.55 bits per heavy atom. The molecule has 1 amide bonds. The van der Waals surface area contributed by atoms with Crippen molar-refractivity contribution in [3.05, 3.63) is 22.0 Å². The number of aromatic nitrogens is 4. The van der Waals surface area contributed by atoms with Crippen LogP contribution < -0.4 is 10.1 Å². The third kappa shape index (κ3) is 1.85. The van der Waals surface area contributed by atoms with E-state index in [0.29, 0.717) is 22.1 Å². The maximum Gasteiger partial charge on any atom is 0.270 e. The fraction of sp³-hybridized carbons (Fsp3) is 0.250. The van der Waals surface area contributed by atoms with Crippen LogP contribution in [0, 0.1) is 6.92 Å². The number of carbonyl (C=O) groups is 1. The van der Waals surface area contributed by atoms with Gasteiger partial charge in [-0.1, -0.05) is 0 Å². The van der Waals surface area contributed by atoms with E-state index in [1.165, 1.54) is 11.3 Å². The molecule has 0 aliphatic carbocycles. The first-order valence-electron chi connectivity index (χ1n) is 5.92. The predicted molar refractivity (Wildman–Crippen MR) is 76.4 cm³/mol. The van der Waals surface area contributed by atoms with Crippen molar-refractivity contribution < 1.29 is 9.53 Å². The molecule has 3 aromatic heterocycles. The molecule has 2 N–H and O–H groups in total. The van der Waals surface area contributed by atoms with Gasteiger partial charge >= 0.3 is 0 Å². The van der Waals surface area contributed by atoms with Gasteiger partial charge in [0.25, 0.3) is 5.91 Å². The van der Waals surface area contributed by atoms with Gasteiger partial charge in [0.05, 0.1) is 18.2 Å². The van der Waals surface area contributed by atoms with Crippen LogP contribution in [0.2, 0.25) is 0 Å². The van der Waals surface area contributed by atoms with Crippen LogP contribution in [0.25, 0.3) is 11.0 Å². The lowest BCUT2D eigenvalue weighted by Gasteiger charge is -2.03. The molecule has 0 bridgehead atoms. The van der Waals surface area contributed by atoms with Crippen molar-refractivity contribution in [2.45, 2.75) is 6.92 Å².